The summed E-state index contributed by atoms with van der Waals surface area (Å²) in [5.74, 6) is 0.166. The lowest BCUT2D eigenvalue weighted by molar-refractivity contribution is -0.141. The van der Waals surface area contributed by atoms with Gasteiger partial charge in [0.15, 0.2) is 0 Å². The van der Waals surface area contributed by atoms with Crippen LogP contribution in [0.2, 0.25) is 0 Å². The number of hydrogen-bond donors (Lipinski definition) is 0. The Morgan fingerprint density at radius 2 is 1.65 bits per heavy atom. The zero-order chi connectivity index (χ0) is 21.6. The molecule has 0 N–H and O–H groups in total. The van der Waals surface area contributed by atoms with Crippen LogP contribution >= 0.6 is 0 Å². The summed E-state index contributed by atoms with van der Waals surface area (Å²) in [6, 6.07) is 16.9. The number of nitrogens with zero attached hydrogens (tertiary/aromatic N) is 2. The molecule has 0 saturated carbocycles. The topological polar surface area (TPSA) is 40.6 Å². The first kappa shape index (κ1) is 21.5. The van der Waals surface area contributed by atoms with Crippen molar-refractivity contribution in [3.8, 4) is 0 Å². The van der Waals surface area contributed by atoms with Gasteiger partial charge in [-0.2, -0.15) is 0 Å². The van der Waals surface area contributed by atoms with Gasteiger partial charge >= 0.3 is 0 Å². The van der Waals surface area contributed by atoms with Crippen molar-refractivity contribution in [3.05, 3.63) is 71.5 Å². The summed E-state index contributed by atoms with van der Waals surface area (Å²) in [4.78, 5) is 29.7. The predicted molar refractivity (Wildman–Crippen MR) is 119 cm³/mol. The van der Waals surface area contributed by atoms with Gasteiger partial charge in [-0.05, 0) is 61.8 Å². The first-order valence-electron chi connectivity index (χ1n) is 11.5. The highest BCUT2D eigenvalue weighted by Gasteiger charge is 2.35. The molecule has 2 aromatic carbocycles. The fourth-order valence-electron chi connectivity index (χ4n) is 4.94. The summed E-state index contributed by atoms with van der Waals surface area (Å²) >= 11 is 0. The molecule has 164 valence electrons. The number of amides is 2. The number of halogens is 1. The van der Waals surface area contributed by atoms with E-state index in [0.29, 0.717) is 25.9 Å². The second-order valence-corrected chi connectivity index (χ2v) is 8.80. The van der Waals surface area contributed by atoms with Crippen molar-refractivity contribution in [1.82, 2.24) is 9.80 Å². The van der Waals surface area contributed by atoms with E-state index in [2.05, 4.69) is 12.1 Å². The molecule has 0 aliphatic carbocycles. The molecule has 2 aliphatic rings. The van der Waals surface area contributed by atoms with E-state index >= 15 is 0 Å². The Morgan fingerprint density at radius 1 is 0.903 bits per heavy atom. The maximum Gasteiger partial charge on any atom is 0.226 e. The van der Waals surface area contributed by atoms with Crippen LogP contribution in [0.4, 0.5) is 4.39 Å². The average Bonchev–Trinajstić information content (AvgIpc) is 3.26. The van der Waals surface area contributed by atoms with E-state index in [1.807, 2.05) is 34.1 Å². The van der Waals surface area contributed by atoms with Gasteiger partial charge in [-0.1, -0.05) is 42.5 Å². The van der Waals surface area contributed by atoms with Gasteiger partial charge in [-0.25, -0.2) is 4.39 Å². The number of benzene rings is 2. The largest absolute Gasteiger partial charge is 0.343 e. The zero-order valence-electron chi connectivity index (χ0n) is 18.0. The van der Waals surface area contributed by atoms with Crippen molar-refractivity contribution >= 4 is 11.8 Å². The third kappa shape index (κ3) is 5.52. The van der Waals surface area contributed by atoms with Gasteiger partial charge in [0, 0.05) is 38.0 Å². The van der Waals surface area contributed by atoms with E-state index in [1.165, 1.54) is 11.6 Å². The Bertz CT molecular complexity index is 893. The van der Waals surface area contributed by atoms with Crippen LogP contribution in [0, 0.1) is 11.7 Å². The predicted octanol–water partition coefficient (Wildman–Crippen LogP) is 4.23. The molecule has 31 heavy (non-hydrogen) atoms. The lowest BCUT2D eigenvalue weighted by Crippen LogP contribution is -2.46. The lowest BCUT2D eigenvalue weighted by Gasteiger charge is -2.35. The SMILES string of the molecule is O=C(CCc1ccccc1)N1CCC(C(=O)N2CCCC2Cc2cccc(F)c2)CC1. The summed E-state index contributed by atoms with van der Waals surface area (Å²) in [6.07, 6.45) is 5.43. The van der Waals surface area contributed by atoms with Gasteiger partial charge in [-0.3, -0.25) is 9.59 Å². The minimum Gasteiger partial charge on any atom is -0.343 e. The van der Waals surface area contributed by atoms with Crippen molar-refractivity contribution in [2.45, 2.75) is 51.0 Å². The number of aryl methyl sites for hydroxylation is 1. The van der Waals surface area contributed by atoms with Crippen molar-refractivity contribution in [2.24, 2.45) is 5.92 Å². The Labute approximate surface area is 184 Å². The van der Waals surface area contributed by atoms with Crippen LogP contribution in [-0.4, -0.2) is 47.3 Å². The second kappa shape index (κ2) is 10.1. The highest BCUT2D eigenvalue weighted by molar-refractivity contribution is 5.81. The monoisotopic (exact) mass is 422 g/mol. The van der Waals surface area contributed by atoms with Crippen molar-refractivity contribution in [3.63, 3.8) is 0 Å². The Balaban J connectivity index is 1.27. The maximum absolute atomic E-state index is 13.5. The number of hydrogen-bond acceptors (Lipinski definition) is 2. The van der Waals surface area contributed by atoms with Crippen molar-refractivity contribution < 1.29 is 14.0 Å². The van der Waals surface area contributed by atoms with Crippen LogP contribution < -0.4 is 0 Å². The molecule has 1 unspecified atom stereocenters. The standard InChI is InChI=1S/C26H31FN2O2/c27-23-9-4-8-21(18-23)19-24-10-5-15-29(24)26(31)22-13-16-28(17-14-22)25(30)12-11-20-6-2-1-3-7-20/h1-4,6-9,18,22,24H,5,10-17,19H2. The molecule has 2 aliphatic heterocycles. The summed E-state index contributed by atoms with van der Waals surface area (Å²) in [5.41, 5.74) is 2.13. The van der Waals surface area contributed by atoms with Crippen LogP contribution in [0.15, 0.2) is 54.6 Å². The zero-order valence-corrected chi connectivity index (χ0v) is 18.0. The number of rotatable bonds is 6. The van der Waals surface area contributed by atoms with E-state index in [0.717, 1.165) is 44.2 Å². The van der Waals surface area contributed by atoms with E-state index < -0.39 is 0 Å². The minimum atomic E-state index is -0.224. The fourth-order valence-corrected chi connectivity index (χ4v) is 4.94. The normalized spacial score (nSPS) is 19.6. The third-order valence-corrected chi connectivity index (χ3v) is 6.69. The Morgan fingerprint density at radius 3 is 2.39 bits per heavy atom. The minimum absolute atomic E-state index is 0.00807. The molecule has 2 fully saturated rings. The molecular formula is C26H31FN2O2. The van der Waals surface area contributed by atoms with Crippen LogP contribution in [0.25, 0.3) is 0 Å². The van der Waals surface area contributed by atoms with Gasteiger partial charge in [0.1, 0.15) is 5.82 Å². The van der Waals surface area contributed by atoms with Gasteiger partial charge in [0.25, 0.3) is 0 Å². The van der Waals surface area contributed by atoms with Gasteiger partial charge < -0.3 is 9.80 Å². The van der Waals surface area contributed by atoms with Gasteiger partial charge in [0.05, 0.1) is 0 Å². The number of carbonyl (C=O) groups excluding carboxylic acids is 2. The third-order valence-electron chi connectivity index (χ3n) is 6.69. The maximum atomic E-state index is 13.5. The molecular weight excluding hydrogens is 391 g/mol. The van der Waals surface area contributed by atoms with Crippen LogP contribution in [0.3, 0.4) is 0 Å². The molecule has 2 aromatic rings. The average molecular weight is 423 g/mol. The van der Waals surface area contributed by atoms with E-state index in [9.17, 15) is 14.0 Å². The lowest BCUT2D eigenvalue weighted by atomic mass is 9.94. The Hall–Kier alpha value is -2.69. The summed E-state index contributed by atoms with van der Waals surface area (Å²) in [7, 11) is 0. The molecule has 2 heterocycles. The van der Waals surface area contributed by atoms with Crippen LogP contribution in [-0.2, 0) is 22.4 Å². The van der Waals surface area contributed by atoms with Crippen molar-refractivity contribution in [2.75, 3.05) is 19.6 Å². The number of carbonyl (C=O) groups is 2. The van der Waals surface area contributed by atoms with Gasteiger partial charge in [-0.15, -0.1) is 0 Å². The summed E-state index contributed by atoms with van der Waals surface area (Å²) < 4.78 is 13.5. The number of likely N-dealkylation sites (tertiary alicyclic amines) is 2. The van der Waals surface area contributed by atoms with E-state index in [4.69, 9.17) is 0 Å². The molecule has 2 amide bonds. The highest BCUT2D eigenvalue weighted by atomic mass is 19.1. The molecule has 0 bridgehead atoms. The summed E-state index contributed by atoms with van der Waals surface area (Å²) in [6.45, 7) is 2.11. The highest BCUT2D eigenvalue weighted by Crippen LogP contribution is 2.27. The Kier molecular flexibility index (Phi) is 7.00. The van der Waals surface area contributed by atoms with E-state index in [1.54, 1.807) is 12.1 Å². The molecule has 0 spiro atoms. The number of piperidine rings is 1. The molecule has 0 aromatic heterocycles. The molecule has 2 saturated heterocycles. The molecule has 5 heteroatoms. The van der Waals surface area contributed by atoms with Crippen molar-refractivity contribution in [1.29, 1.82) is 0 Å². The molecule has 1 atom stereocenters. The van der Waals surface area contributed by atoms with E-state index in [-0.39, 0.29) is 29.6 Å². The quantitative estimate of drug-likeness (QED) is 0.699. The van der Waals surface area contributed by atoms with Gasteiger partial charge in [0.2, 0.25) is 11.8 Å². The van der Waals surface area contributed by atoms with Crippen LogP contribution in [0.1, 0.15) is 43.2 Å². The first-order valence-corrected chi connectivity index (χ1v) is 11.5. The molecule has 0 radical (unpaired) electrons. The fraction of sp³-hybridized carbons (Fsp3) is 0.462. The molecule has 4 nitrogen and oxygen atoms in total. The second-order valence-electron chi connectivity index (χ2n) is 8.80. The first-order chi connectivity index (χ1) is 15.1. The smallest absolute Gasteiger partial charge is 0.226 e. The summed E-state index contributed by atoms with van der Waals surface area (Å²) in [5, 5.41) is 0. The molecule has 4 rings (SSSR count). The van der Waals surface area contributed by atoms with Crippen LogP contribution in [0.5, 0.6) is 0 Å².